The number of hydrogen-bond donors (Lipinski definition) is 0. The van der Waals surface area contributed by atoms with Gasteiger partial charge in [-0.3, -0.25) is 0 Å². The largest absolute Gasteiger partial charge is 0.496 e. The van der Waals surface area contributed by atoms with E-state index in [2.05, 4.69) is 37.9 Å². The molecule has 1 aromatic rings. The van der Waals surface area contributed by atoms with Gasteiger partial charge in [-0.2, -0.15) is 0 Å². The van der Waals surface area contributed by atoms with Crippen LogP contribution in [0.25, 0.3) is 0 Å². The van der Waals surface area contributed by atoms with Crippen LogP contribution in [0.3, 0.4) is 0 Å². The Morgan fingerprint density at radius 3 is 2.33 bits per heavy atom. The maximum absolute atomic E-state index is 5.06. The molecule has 0 aliphatic carbocycles. The Bertz CT molecular complexity index is 258. The minimum Gasteiger partial charge on any atom is -0.496 e. The SMILES string of the molecule is COc1[c]cc(OC)c(Br)c1Br. The third-order valence-corrected chi connectivity index (χ3v) is 3.44. The van der Waals surface area contributed by atoms with E-state index in [1.807, 2.05) is 0 Å². The van der Waals surface area contributed by atoms with Gasteiger partial charge in [-0.1, -0.05) is 0 Å². The molecule has 0 unspecified atom stereocenters. The van der Waals surface area contributed by atoms with Crippen LogP contribution in [0.15, 0.2) is 15.0 Å². The smallest absolute Gasteiger partial charge is 0.142 e. The van der Waals surface area contributed by atoms with E-state index < -0.39 is 0 Å². The molecule has 0 aliphatic rings. The van der Waals surface area contributed by atoms with Crippen molar-refractivity contribution in [2.45, 2.75) is 0 Å². The van der Waals surface area contributed by atoms with E-state index in [0.29, 0.717) is 5.75 Å². The summed E-state index contributed by atoms with van der Waals surface area (Å²) < 4.78 is 11.7. The van der Waals surface area contributed by atoms with Crippen LogP contribution in [0, 0.1) is 6.07 Å². The van der Waals surface area contributed by atoms with Gasteiger partial charge >= 0.3 is 0 Å². The minimum atomic E-state index is 0.655. The van der Waals surface area contributed by atoms with Gasteiger partial charge in [0, 0.05) is 6.07 Å². The summed E-state index contributed by atoms with van der Waals surface area (Å²) in [5, 5.41) is 0. The first-order valence-electron chi connectivity index (χ1n) is 3.18. The maximum atomic E-state index is 5.06. The fourth-order valence-electron chi connectivity index (χ4n) is 0.763. The van der Waals surface area contributed by atoms with Gasteiger partial charge in [0.15, 0.2) is 0 Å². The topological polar surface area (TPSA) is 18.5 Å². The van der Waals surface area contributed by atoms with Crippen molar-refractivity contribution in [1.82, 2.24) is 0 Å². The molecule has 0 N–H and O–H groups in total. The number of benzene rings is 1. The Morgan fingerprint density at radius 1 is 1.17 bits per heavy atom. The van der Waals surface area contributed by atoms with Crippen molar-refractivity contribution < 1.29 is 9.47 Å². The molecule has 0 fully saturated rings. The Labute approximate surface area is 88.1 Å². The van der Waals surface area contributed by atoms with Crippen LogP contribution >= 0.6 is 31.9 Å². The molecule has 65 valence electrons. The van der Waals surface area contributed by atoms with Crippen molar-refractivity contribution in [3.63, 3.8) is 0 Å². The number of methoxy groups -OCH3 is 2. The molecule has 0 spiro atoms. The van der Waals surface area contributed by atoms with E-state index in [0.717, 1.165) is 14.7 Å². The molecule has 1 aromatic carbocycles. The van der Waals surface area contributed by atoms with Crippen molar-refractivity contribution in [2.75, 3.05) is 14.2 Å². The van der Waals surface area contributed by atoms with Gasteiger partial charge in [-0.05, 0) is 37.9 Å². The Hall–Kier alpha value is -0.220. The second-order valence-corrected chi connectivity index (χ2v) is 3.60. The Morgan fingerprint density at radius 2 is 1.83 bits per heavy atom. The lowest BCUT2D eigenvalue weighted by Crippen LogP contribution is -1.89. The van der Waals surface area contributed by atoms with Crippen molar-refractivity contribution in [1.29, 1.82) is 0 Å². The van der Waals surface area contributed by atoms with Crippen LogP contribution in [0.4, 0.5) is 0 Å². The maximum Gasteiger partial charge on any atom is 0.142 e. The van der Waals surface area contributed by atoms with Crippen LogP contribution in [0.5, 0.6) is 11.5 Å². The molecule has 0 aromatic heterocycles. The summed E-state index contributed by atoms with van der Waals surface area (Å²) in [6.45, 7) is 0. The Balaban J connectivity index is 3.20. The van der Waals surface area contributed by atoms with Gasteiger partial charge in [-0.25, -0.2) is 0 Å². The van der Waals surface area contributed by atoms with Crippen molar-refractivity contribution in [3.05, 3.63) is 21.1 Å². The van der Waals surface area contributed by atoms with Gasteiger partial charge < -0.3 is 9.47 Å². The first-order valence-corrected chi connectivity index (χ1v) is 4.77. The third-order valence-electron chi connectivity index (χ3n) is 1.37. The number of halogens is 2. The molecule has 0 saturated heterocycles. The molecular formula is C8H7Br2O2. The van der Waals surface area contributed by atoms with Gasteiger partial charge in [0.25, 0.3) is 0 Å². The lowest BCUT2D eigenvalue weighted by Gasteiger charge is -2.07. The average Bonchev–Trinajstić information content (AvgIpc) is 2.10. The summed E-state index contributed by atoms with van der Waals surface area (Å²) in [6.07, 6.45) is 0. The van der Waals surface area contributed by atoms with E-state index >= 15 is 0 Å². The molecule has 0 bridgehead atoms. The summed E-state index contributed by atoms with van der Waals surface area (Å²) in [6, 6.07) is 4.64. The fraction of sp³-hybridized carbons (Fsp3) is 0.250. The van der Waals surface area contributed by atoms with Crippen molar-refractivity contribution in [3.8, 4) is 11.5 Å². The minimum absolute atomic E-state index is 0.655. The summed E-state index contributed by atoms with van der Waals surface area (Å²) >= 11 is 6.71. The highest BCUT2D eigenvalue weighted by Crippen LogP contribution is 2.38. The normalized spacial score (nSPS) is 9.67. The molecule has 0 aliphatic heterocycles. The van der Waals surface area contributed by atoms with Crippen LogP contribution in [0.1, 0.15) is 0 Å². The molecule has 0 heterocycles. The zero-order valence-corrected chi connectivity index (χ0v) is 9.82. The summed E-state index contributed by atoms with van der Waals surface area (Å²) in [5.74, 6) is 1.38. The average molecular weight is 295 g/mol. The highest BCUT2D eigenvalue weighted by molar-refractivity contribution is 9.13. The molecule has 0 saturated carbocycles. The van der Waals surface area contributed by atoms with Gasteiger partial charge in [-0.15, -0.1) is 0 Å². The predicted molar refractivity (Wildman–Crippen MR) is 53.8 cm³/mol. The van der Waals surface area contributed by atoms with Crippen LogP contribution in [-0.2, 0) is 0 Å². The molecule has 1 rings (SSSR count). The molecule has 1 radical (unpaired) electrons. The first kappa shape index (κ1) is 9.86. The van der Waals surface area contributed by atoms with E-state index in [1.165, 1.54) is 0 Å². The summed E-state index contributed by atoms with van der Waals surface area (Å²) in [5.41, 5.74) is 0. The predicted octanol–water partition coefficient (Wildman–Crippen LogP) is 3.03. The molecule has 12 heavy (non-hydrogen) atoms. The van der Waals surface area contributed by atoms with Crippen LogP contribution in [0.2, 0.25) is 0 Å². The first-order chi connectivity index (χ1) is 5.70. The lowest BCUT2D eigenvalue weighted by atomic mass is 10.3. The second-order valence-electron chi connectivity index (χ2n) is 2.02. The van der Waals surface area contributed by atoms with Crippen molar-refractivity contribution >= 4 is 31.9 Å². The summed E-state index contributed by atoms with van der Waals surface area (Å²) in [4.78, 5) is 0. The van der Waals surface area contributed by atoms with E-state index in [1.54, 1.807) is 20.3 Å². The monoisotopic (exact) mass is 293 g/mol. The molecule has 2 nitrogen and oxygen atoms in total. The number of ether oxygens (including phenoxy) is 2. The van der Waals surface area contributed by atoms with Crippen molar-refractivity contribution in [2.24, 2.45) is 0 Å². The molecule has 0 amide bonds. The quantitative estimate of drug-likeness (QED) is 0.835. The van der Waals surface area contributed by atoms with Gasteiger partial charge in [0.2, 0.25) is 0 Å². The highest BCUT2D eigenvalue weighted by atomic mass is 79.9. The van der Waals surface area contributed by atoms with Crippen LogP contribution < -0.4 is 9.47 Å². The van der Waals surface area contributed by atoms with Crippen LogP contribution in [-0.4, -0.2) is 14.2 Å². The number of hydrogen-bond acceptors (Lipinski definition) is 2. The molecular weight excluding hydrogens is 288 g/mol. The van der Waals surface area contributed by atoms with Gasteiger partial charge in [0.1, 0.15) is 11.5 Å². The lowest BCUT2D eigenvalue weighted by molar-refractivity contribution is 0.398. The van der Waals surface area contributed by atoms with E-state index in [9.17, 15) is 0 Å². The zero-order chi connectivity index (χ0) is 9.14. The highest BCUT2D eigenvalue weighted by Gasteiger charge is 2.09. The molecule has 0 atom stereocenters. The second kappa shape index (κ2) is 4.14. The van der Waals surface area contributed by atoms with E-state index in [-0.39, 0.29) is 0 Å². The van der Waals surface area contributed by atoms with Gasteiger partial charge in [0.05, 0.1) is 23.2 Å². The standard InChI is InChI=1S/C8H7Br2O2/c1-11-5-3-4-6(12-2)8(10)7(5)9/h3H,1-2H3. The fourth-order valence-corrected chi connectivity index (χ4v) is 1.69. The third kappa shape index (κ3) is 1.75. The zero-order valence-electron chi connectivity index (χ0n) is 6.65. The number of rotatable bonds is 2. The molecule has 4 heteroatoms. The summed E-state index contributed by atoms with van der Waals surface area (Å²) in [7, 11) is 3.20. The van der Waals surface area contributed by atoms with E-state index in [4.69, 9.17) is 9.47 Å². The Kier molecular flexibility index (Phi) is 3.40.